The first-order chi connectivity index (χ1) is 18.9. The van der Waals surface area contributed by atoms with Crippen LogP contribution in [0.1, 0.15) is 29.8 Å². The zero-order valence-corrected chi connectivity index (χ0v) is 21.7. The summed E-state index contributed by atoms with van der Waals surface area (Å²) in [4.78, 5) is 29.7. The van der Waals surface area contributed by atoms with E-state index in [-0.39, 0.29) is 11.6 Å². The number of halogens is 1. The van der Waals surface area contributed by atoms with Crippen molar-refractivity contribution in [2.24, 2.45) is 0 Å². The molecule has 1 N–H and O–H groups in total. The Morgan fingerprint density at radius 1 is 1.13 bits per heavy atom. The second-order valence-corrected chi connectivity index (χ2v) is 9.50. The van der Waals surface area contributed by atoms with Crippen molar-refractivity contribution >= 4 is 23.4 Å². The molecular formula is C27H22ClN7O4. The summed E-state index contributed by atoms with van der Waals surface area (Å²) in [6.07, 6.45) is 2.31. The Balaban J connectivity index is 1.33. The van der Waals surface area contributed by atoms with Crippen molar-refractivity contribution in [1.29, 1.82) is 0 Å². The number of amides is 1. The van der Waals surface area contributed by atoms with Gasteiger partial charge in [-0.05, 0) is 72.2 Å². The number of carbonyl (C=O) groups excluding carboxylic acids is 1. The molecule has 0 fully saturated rings. The largest absolute Gasteiger partial charge is 0.453 e. The van der Waals surface area contributed by atoms with Crippen LogP contribution in [-0.2, 0) is 11.2 Å². The second-order valence-electron chi connectivity index (χ2n) is 9.06. The Morgan fingerprint density at radius 2 is 1.95 bits per heavy atom. The molecule has 6 rings (SSSR count). The number of aromatic nitrogens is 6. The van der Waals surface area contributed by atoms with Gasteiger partial charge in [0.05, 0.1) is 12.8 Å². The Labute approximate surface area is 227 Å². The summed E-state index contributed by atoms with van der Waals surface area (Å²) in [6, 6.07) is 15.8. The van der Waals surface area contributed by atoms with Crippen LogP contribution in [0.4, 0.5) is 10.5 Å². The molecule has 11 nitrogen and oxygen atoms in total. The van der Waals surface area contributed by atoms with Crippen molar-refractivity contribution in [2.45, 2.75) is 25.8 Å². The number of tetrazole rings is 1. The SMILES string of the molecule is COC(=O)Nc1ccc(-c2nc([C@@H]3CCc4cc(-c5cc(Cl)ccc5-n5cnnn5)cc(=O)n43)oc2C)cc1. The Morgan fingerprint density at radius 3 is 2.69 bits per heavy atom. The summed E-state index contributed by atoms with van der Waals surface area (Å²) in [5.74, 6) is 1.12. The maximum absolute atomic E-state index is 13.5. The number of ether oxygens (including phenoxy) is 1. The Kier molecular flexibility index (Phi) is 6.20. The van der Waals surface area contributed by atoms with Crippen LogP contribution in [-0.4, -0.2) is 43.0 Å². The third-order valence-corrected chi connectivity index (χ3v) is 6.92. The lowest BCUT2D eigenvalue weighted by molar-refractivity contribution is 0.187. The van der Waals surface area contributed by atoms with Gasteiger partial charge in [-0.2, -0.15) is 4.68 Å². The van der Waals surface area contributed by atoms with Crippen molar-refractivity contribution in [3.8, 4) is 28.1 Å². The Hall–Kier alpha value is -4.77. The zero-order chi connectivity index (χ0) is 27.1. The van der Waals surface area contributed by atoms with Crippen LogP contribution in [0.25, 0.3) is 28.1 Å². The number of hydrogen-bond donors (Lipinski definition) is 1. The van der Waals surface area contributed by atoms with Gasteiger partial charge in [-0.25, -0.2) is 9.78 Å². The van der Waals surface area contributed by atoms with E-state index >= 15 is 0 Å². The van der Waals surface area contributed by atoms with E-state index in [0.29, 0.717) is 46.6 Å². The van der Waals surface area contributed by atoms with E-state index in [1.165, 1.54) is 18.1 Å². The predicted molar refractivity (Wildman–Crippen MR) is 143 cm³/mol. The normalized spacial score (nSPS) is 14.3. The number of methoxy groups -OCH3 is 1. The minimum Gasteiger partial charge on any atom is -0.453 e. The maximum Gasteiger partial charge on any atom is 0.411 e. The highest BCUT2D eigenvalue weighted by molar-refractivity contribution is 6.31. The van der Waals surface area contributed by atoms with Crippen molar-refractivity contribution in [3.05, 3.63) is 93.6 Å². The molecule has 1 aliphatic rings. The van der Waals surface area contributed by atoms with Crippen LogP contribution in [0.5, 0.6) is 0 Å². The standard InChI is InChI=1S/C27H22ClN7O4/c1-15-25(16-3-6-19(7-4-16)30-27(37)38-2)31-26(39-15)23-10-8-20-11-17(12-24(36)35(20)23)21-13-18(28)5-9-22(21)34-14-29-32-33-34/h3-7,9,11-14,23H,8,10H2,1-2H3,(H,30,37)/t23-/m0/s1. The summed E-state index contributed by atoms with van der Waals surface area (Å²) in [7, 11) is 1.31. The molecular weight excluding hydrogens is 522 g/mol. The second kappa shape index (κ2) is 9.84. The lowest BCUT2D eigenvalue weighted by Crippen LogP contribution is -2.23. The van der Waals surface area contributed by atoms with E-state index in [1.54, 1.807) is 34.9 Å². The first-order valence-corrected chi connectivity index (χ1v) is 12.5. The molecule has 0 aliphatic carbocycles. The van der Waals surface area contributed by atoms with Crippen LogP contribution in [0, 0.1) is 6.92 Å². The summed E-state index contributed by atoms with van der Waals surface area (Å²) < 4.78 is 14.0. The average Bonchev–Trinajstić information content (AvgIpc) is 3.69. The molecule has 1 aliphatic heterocycles. The molecule has 2 aromatic carbocycles. The molecule has 1 amide bonds. The summed E-state index contributed by atoms with van der Waals surface area (Å²) in [5, 5.41) is 14.6. The highest BCUT2D eigenvalue weighted by Gasteiger charge is 2.30. The van der Waals surface area contributed by atoms with Crippen LogP contribution in [0.3, 0.4) is 0 Å². The van der Waals surface area contributed by atoms with Crippen LogP contribution < -0.4 is 10.9 Å². The smallest absolute Gasteiger partial charge is 0.411 e. The topological polar surface area (TPSA) is 130 Å². The van der Waals surface area contributed by atoms with Gasteiger partial charge in [0.25, 0.3) is 5.56 Å². The number of oxazole rings is 1. The van der Waals surface area contributed by atoms with Gasteiger partial charge in [-0.15, -0.1) is 5.10 Å². The first kappa shape index (κ1) is 24.6. The number of carbonyl (C=O) groups is 1. The minimum atomic E-state index is -0.543. The number of fused-ring (bicyclic) bond motifs is 1. The van der Waals surface area contributed by atoms with E-state index in [9.17, 15) is 9.59 Å². The van der Waals surface area contributed by atoms with E-state index in [4.69, 9.17) is 21.0 Å². The number of anilines is 1. The summed E-state index contributed by atoms with van der Waals surface area (Å²) in [6.45, 7) is 1.84. The molecule has 0 spiro atoms. The van der Waals surface area contributed by atoms with Crippen molar-refractivity contribution in [1.82, 2.24) is 29.8 Å². The van der Waals surface area contributed by atoms with Crippen LogP contribution in [0.2, 0.25) is 5.02 Å². The third kappa shape index (κ3) is 4.57. The molecule has 5 aromatic rings. The molecule has 3 aromatic heterocycles. The quantitative estimate of drug-likeness (QED) is 0.334. The van der Waals surface area contributed by atoms with Crippen LogP contribution >= 0.6 is 11.6 Å². The van der Waals surface area contributed by atoms with Crippen molar-refractivity contribution < 1.29 is 13.9 Å². The zero-order valence-electron chi connectivity index (χ0n) is 21.0. The van der Waals surface area contributed by atoms with Crippen LogP contribution in [0.15, 0.2) is 70.1 Å². The number of pyridine rings is 1. The third-order valence-electron chi connectivity index (χ3n) is 6.69. The number of benzene rings is 2. The van der Waals surface area contributed by atoms with Gasteiger partial charge in [0.15, 0.2) is 0 Å². The van der Waals surface area contributed by atoms with Gasteiger partial charge in [-0.1, -0.05) is 23.7 Å². The molecule has 196 valence electrons. The number of nitrogens with one attached hydrogen (secondary N) is 1. The molecule has 0 saturated carbocycles. The van der Waals surface area contributed by atoms with Crippen molar-refractivity contribution in [3.63, 3.8) is 0 Å². The molecule has 12 heteroatoms. The van der Waals surface area contributed by atoms with E-state index in [2.05, 4.69) is 25.6 Å². The lowest BCUT2D eigenvalue weighted by Gasteiger charge is -2.14. The number of nitrogens with zero attached hydrogens (tertiary/aromatic N) is 6. The fourth-order valence-electron chi connectivity index (χ4n) is 4.90. The highest BCUT2D eigenvalue weighted by Crippen LogP contribution is 2.36. The van der Waals surface area contributed by atoms with Crippen molar-refractivity contribution in [2.75, 3.05) is 12.4 Å². The Bertz CT molecular complexity index is 1740. The molecule has 0 unspecified atom stereocenters. The first-order valence-electron chi connectivity index (χ1n) is 12.1. The van der Waals surface area contributed by atoms with E-state index in [0.717, 1.165) is 22.4 Å². The van der Waals surface area contributed by atoms with Gasteiger partial charge < -0.3 is 13.7 Å². The van der Waals surface area contributed by atoms with Gasteiger partial charge in [-0.3, -0.25) is 10.1 Å². The number of hydrogen-bond acceptors (Lipinski definition) is 8. The fourth-order valence-corrected chi connectivity index (χ4v) is 5.07. The average molecular weight is 544 g/mol. The number of rotatable bonds is 5. The molecule has 39 heavy (non-hydrogen) atoms. The molecule has 0 saturated heterocycles. The summed E-state index contributed by atoms with van der Waals surface area (Å²) >= 11 is 6.30. The fraction of sp³-hybridized carbons (Fsp3) is 0.185. The highest BCUT2D eigenvalue weighted by atomic mass is 35.5. The molecule has 0 radical (unpaired) electrons. The van der Waals surface area contributed by atoms with E-state index < -0.39 is 6.09 Å². The molecule has 1 atom stereocenters. The number of aryl methyl sites for hydroxylation is 2. The maximum atomic E-state index is 13.5. The van der Waals surface area contributed by atoms with Gasteiger partial charge in [0, 0.05) is 33.6 Å². The van der Waals surface area contributed by atoms with Gasteiger partial charge in [0.2, 0.25) is 5.89 Å². The monoisotopic (exact) mass is 543 g/mol. The lowest BCUT2D eigenvalue weighted by atomic mass is 10.0. The van der Waals surface area contributed by atoms with Gasteiger partial charge >= 0.3 is 6.09 Å². The minimum absolute atomic E-state index is 0.164. The summed E-state index contributed by atoms with van der Waals surface area (Å²) in [5.41, 5.74) is 5.01. The predicted octanol–water partition coefficient (Wildman–Crippen LogP) is 4.82. The molecule has 0 bridgehead atoms. The van der Waals surface area contributed by atoms with Gasteiger partial charge in [0.1, 0.15) is 23.8 Å². The van der Waals surface area contributed by atoms with E-state index in [1.807, 2.05) is 31.2 Å². The molecule has 4 heterocycles.